The van der Waals surface area contributed by atoms with Crippen LogP contribution in [-0.2, 0) is 4.74 Å². The Balaban J connectivity index is 1.47. The lowest BCUT2D eigenvalue weighted by Gasteiger charge is -2.48. The Bertz CT molecular complexity index is 715. The fourth-order valence-corrected chi connectivity index (χ4v) is 4.10. The summed E-state index contributed by atoms with van der Waals surface area (Å²) in [6.07, 6.45) is 4.79. The minimum absolute atomic E-state index is 0.135. The van der Waals surface area contributed by atoms with E-state index in [0.717, 1.165) is 49.9 Å². The van der Waals surface area contributed by atoms with Gasteiger partial charge in [-0.05, 0) is 31.9 Å². The molecule has 2 saturated heterocycles. The van der Waals surface area contributed by atoms with Gasteiger partial charge in [0.1, 0.15) is 0 Å². The topological polar surface area (TPSA) is 59.4 Å². The number of hydrogen-bond donors (Lipinski definition) is 1. The molecule has 1 aromatic carbocycles. The Hall–Kier alpha value is -1.92. The second-order valence-corrected chi connectivity index (χ2v) is 6.82. The van der Waals surface area contributed by atoms with Crippen molar-refractivity contribution in [1.82, 2.24) is 20.0 Å². The number of hydrogen-bond acceptors (Lipinski definition) is 4. The summed E-state index contributed by atoms with van der Waals surface area (Å²) in [5.74, 6) is 0. The maximum Gasteiger partial charge on any atom is 0.342 e. The van der Waals surface area contributed by atoms with Crippen molar-refractivity contribution in [1.29, 1.82) is 0 Å². The van der Waals surface area contributed by atoms with Crippen LogP contribution >= 0.6 is 0 Å². The highest BCUT2D eigenvalue weighted by Crippen LogP contribution is 2.28. The molecule has 3 heterocycles. The highest BCUT2D eigenvalue weighted by atomic mass is 16.5. The lowest BCUT2D eigenvalue weighted by atomic mass is 9.90. The molecule has 0 saturated carbocycles. The van der Waals surface area contributed by atoms with E-state index in [0.29, 0.717) is 12.1 Å². The third-order valence-electron chi connectivity index (χ3n) is 5.15. The fourth-order valence-electron chi connectivity index (χ4n) is 4.10. The summed E-state index contributed by atoms with van der Waals surface area (Å²) in [5, 5.41) is 8.41. The van der Waals surface area contributed by atoms with E-state index < -0.39 is 0 Å². The Morgan fingerprint density at radius 2 is 2.04 bits per heavy atom. The number of fused-ring (bicyclic) bond motifs is 3. The van der Waals surface area contributed by atoms with Crippen molar-refractivity contribution in [2.24, 2.45) is 0 Å². The summed E-state index contributed by atoms with van der Waals surface area (Å²) >= 11 is 0. The van der Waals surface area contributed by atoms with Crippen LogP contribution in [0.5, 0.6) is 0 Å². The van der Waals surface area contributed by atoms with Crippen molar-refractivity contribution >= 4 is 16.9 Å². The Labute approximate surface area is 141 Å². The van der Waals surface area contributed by atoms with Crippen LogP contribution in [-0.4, -0.2) is 58.6 Å². The van der Waals surface area contributed by atoms with Crippen LogP contribution in [0, 0.1) is 0 Å². The van der Waals surface area contributed by atoms with Gasteiger partial charge in [0.05, 0.1) is 24.9 Å². The average Bonchev–Trinajstić information content (AvgIpc) is 3.00. The monoisotopic (exact) mass is 328 g/mol. The first kappa shape index (κ1) is 15.6. The van der Waals surface area contributed by atoms with Crippen LogP contribution in [0.1, 0.15) is 26.2 Å². The molecule has 1 aromatic heterocycles. The molecule has 0 spiro atoms. The van der Waals surface area contributed by atoms with Gasteiger partial charge in [0.15, 0.2) is 0 Å². The number of carbonyl (C=O) groups excluding carboxylic acids is 1. The Morgan fingerprint density at radius 3 is 2.79 bits per heavy atom. The number of rotatable bonds is 3. The normalized spacial score (nSPS) is 27.3. The Morgan fingerprint density at radius 1 is 1.29 bits per heavy atom. The maximum absolute atomic E-state index is 12.7. The summed E-state index contributed by atoms with van der Waals surface area (Å²) in [6.45, 7) is 4.87. The second-order valence-electron chi connectivity index (χ2n) is 6.82. The maximum atomic E-state index is 12.7. The number of benzene rings is 1. The molecular weight excluding hydrogens is 304 g/mol. The van der Waals surface area contributed by atoms with E-state index in [-0.39, 0.29) is 12.1 Å². The van der Waals surface area contributed by atoms with Crippen molar-refractivity contribution < 1.29 is 9.53 Å². The minimum Gasteiger partial charge on any atom is -0.378 e. The lowest BCUT2D eigenvalue weighted by molar-refractivity contribution is -0.0795. The lowest BCUT2D eigenvalue weighted by Crippen LogP contribution is -2.61. The fraction of sp³-hybridized carbons (Fsp3) is 0.556. The van der Waals surface area contributed by atoms with Crippen LogP contribution in [0.3, 0.4) is 0 Å². The number of carbonyl (C=O) groups is 1. The molecule has 2 fully saturated rings. The van der Waals surface area contributed by atoms with Crippen molar-refractivity contribution in [3.05, 3.63) is 30.5 Å². The number of para-hydroxylation sites is 1. The van der Waals surface area contributed by atoms with Crippen molar-refractivity contribution in [2.75, 3.05) is 19.8 Å². The summed E-state index contributed by atoms with van der Waals surface area (Å²) in [4.78, 5) is 15.2. The van der Waals surface area contributed by atoms with Gasteiger partial charge in [-0.3, -0.25) is 4.90 Å². The van der Waals surface area contributed by atoms with Crippen molar-refractivity contribution in [2.45, 2.75) is 44.3 Å². The molecule has 2 atom stereocenters. The molecule has 2 bridgehead atoms. The molecular formula is C18H24N4O2. The van der Waals surface area contributed by atoms with E-state index in [1.54, 1.807) is 6.20 Å². The number of aromatic nitrogens is 2. The number of ether oxygens (including phenoxy) is 1. The molecule has 2 unspecified atom stereocenters. The van der Waals surface area contributed by atoms with E-state index in [2.05, 4.69) is 22.2 Å². The number of nitrogens with zero attached hydrogens (tertiary/aromatic N) is 3. The van der Waals surface area contributed by atoms with Crippen LogP contribution in [0.15, 0.2) is 30.5 Å². The average molecular weight is 328 g/mol. The largest absolute Gasteiger partial charge is 0.378 e. The quantitative estimate of drug-likeness (QED) is 0.939. The molecule has 1 amide bonds. The molecule has 6 heteroatoms. The van der Waals surface area contributed by atoms with Crippen LogP contribution in [0.2, 0.25) is 0 Å². The first-order chi connectivity index (χ1) is 11.8. The first-order valence-electron chi connectivity index (χ1n) is 8.83. The van der Waals surface area contributed by atoms with Gasteiger partial charge in [0, 0.05) is 23.5 Å². The molecule has 4 rings (SSSR count). The highest BCUT2D eigenvalue weighted by molar-refractivity contribution is 5.89. The number of morpholine rings is 1. The van der Waals surface area contributed by atoms with Gasteiger partial charge < -0.3 is 10.1 Å². The van der Waals surface area contributed by atoms with Gasteiger partial charge in [-0.25, -0.2) is 4.79 Å². The van der Waals surface area contributed by atoms with E-state index >= 15 is 0 Å². The van der Waals surface area contributed by atoms with E-state index in [4.69, 9.17) is 4.74 Å². The standard InChI is InChI=1S/C18H24N4O2/c1-2-7-21-15-8-14(9-16(21)12-24-11-15)20-18(23)22-17-6-4-3-5-13(17)10-19-22/h3-6,10,14-16H,2,7-9,11-12H2,1H3,(H,20,23). The molecule has 1 N–H and O–H groups in total. The van der Waals surface area contributed by atoms with Crippen LogP contribution < -0.4 is 5.32 Å². The molecule has 2 aliphatic heterocycles. The summed E-state index contributed by atoms with van der Waals surface area (Å²) < 4.78 is 7.20. The highest BCUT2D eigenvalue weighted by Gasteiger charge is 2.39. The summed E-state index contributed by atoms with van der Waals surface area (Å²) in [6, 6.07) is 8.66. The van der Waals surface area contributed by atoms with Gasteiger partial charge in [-0.2, -0.15) is 9.78 Å². The van der Waals surface area contributed by atoms with E-state index in [1.807, 2.05) is 24.3 Å². The Kier molecular flexibility index (Phi) is 4.24. The zero-order chi connectivity index (χ0) is 16.5. The number of amides is 1. The van der Waals surface area contributed by atoms with Crippen LogP contribution in [0.4, 0.5) is 4.79 Å². The molecule has 2 aromatic rings. The third-order valence-corrected chi connectivity index (χ3v) is 5.15. The molecule has 6 nitrogen and oxygen atoms in total. The van der Waals surface area contributed by atoms with Gasteiger partial charge >= 0.3 is 6.03 Å². The van der Waals surface area contributed by atoms with Gasteiger partial charge in [0.2, 0.25) is 0 Å². The number of piperidine rings is 1. The van der Waals surface area contributed by atoms with Crippen molar-refractivity contribution in [3.8, 4) is 0 Å². The van der Waals surface area contributed by atoms with Gasteiger partial charge in [0.25, 0.3) is 0 Å². The van der Waals surface area contributed by atoms with Crippen molar-refractivity contribution in [3.63, 3.8) is 0 Å². The third kappa shape index (κ3) is 2.80. The molecule has 128 valence electrons. The SMILES string of the molecule is CCCN1C2COCC1CC(NC(=O)n1ncc3ccccc31)C2. The zero-order valence-electron chi connectivity index (χ0n) is 14.0. The molecule has 0 aliphatic carbocycles. The predicted molar refractivity (Wildman–Crippen MR) is 92.1 cm³/mol. The zero-order valence-corrected chi connectivity index (χ0v) is 14.0. The van der Waals surface area contributed by atoms with E-state index in [1.165, 1.54) is 4.68 Å². The van der Waals surface area contributed by atoms with E-state index in [9.17, 15) is 4.79 Å². The molecule has 24 heavy (non-hydrogen) atoms. The molecule has 2 aliphatic rings. The smallest absolute Gasteiger partial charge is 0.342 e. The minimum atomic E-state index is -0.135. The predicted octanol–water partition coefficient (Wildman–Crippen LogP) is 2.24. The van der Waals surface area contributed by atoms with Gasteiger partial charge in [-0.15, -0.1) is 0 Å². The summed E-state index contributed by atoms with van der Waals surface area (Å²) in [5.41, 5.74) is 0.849. The summed E-state index contributed by atoms with van der Waals surface area (Å²) in [7, 11) is 0. The second kappa shape index (κ2) is 6.53. The first-order valence-corrected chi connectivity index (χ1v) is 8.83. The van der Waals surface area contributed by atoms with Gasteiger partial charge in [-0.1, -0.05) is 25.1 Å². The van der Waals surface area contributed by atoms with Crippen LogP contribution in [0.25, 0.3) is 10.9 Å². The number of nitrogens with one attached hydrogen (secondary N) is 1. The molecule has 0 radical (unpaired) electrons.